The molecule has 0 bridgehead atoms. The van der Waals surface area contributed by atoms with Crippen molar-refractivity contribution in [3.05, 3.63) is 114 Å². The van der Waals surface area contributed by atoms with Crippen molar-refractivity contribution < 1.29 is 22.5 Å². The summed E-state index contributed by atoms with van der Waals surface area (Å²) in [5, 5.41) is 3.13. The van der Waals surface area contributed by atoms with Crippen LogP contribution >= 0.6 is 0 Å². The Balaban J connectivity index is 1.37. The molecule has 2 aliphatic rings. The van der Waals surface area contributed by atoms with Crippen LogP contribution in [-0.4, -0.2) is 19.1 Å². The third kappa shape index (κ3) is 5.18. The van der Waals surface area contributed by atoms with Gasteiger partial charge in [-0.15, -0.1) is 0 Å². The molecule has 0 spiro atoms. The summed E-state index contributed by atoms with van der Waals surface area (Å²) in [7, 11) is 4.02. The number of aromatic nitrogens is 2. The van der Waals surface area contributed by atoms with Crippen LogP contribution in [0.1, 0.15) is 25.2 Å². The van der Waals surface area contributed by atoms with Crippen molar-refractivity contribution in [2.24, 2.45) is 0 Å². The number of anilines is 2. The van der Waals surface area contributed by atoms with Crippen LogP contribution in [0.15, 0.2) is 101 Å². The first-order valence-corrected chi connectivity index (χ1v) is 12.7. The Morgan fingerprint density at radius 3 is 2.56 bits per heavy atom. The van der Waals surface area contributed by atoms with Gasteiger partial charge in [-0.05, 0) is 61.8 Å². The van der Waals surface area contributed by atoms with Crippen LogP contribution in [0.2, 0.25) is 0 Å². The molecule has 0 amide bonds. The van der Waals surface area contributed by atoms with Gasteiger partial charge in [0.1, 0.15) is 17.2 Å². The van der Waals surface area contributed by atoms with Gasteiger partial charge in [0.05, 0.1) is 5.69 Å². The van der Waals surface area contributed by atoms with Crippen LogP contribution < -0.4 is 19.5 Å². The number of hydrogen-bond acceptors (Lipinski definition) is 5. The van der Waals surface area contributed by atoms with E-state index in [1.807, 2.05) is 38.4 Å². The van der Waals surface area contributed by atoms with E-state index in [0.717, 1.165) is 41.8 Å². The van der Waals surface area contributed by atoms with Gasteiger partial charge in [-0.3, -0.25) is 0 Å². The van der Waals surface area contributed by atoms with Gasteiger partial charge in [0.2, 0.25) is 11.6 Å². The van der Waals surface area contributed by atoms with E-state index < -0.39 is 0 Å². The van der Waals surface area contributed by atoms with Crippen molar-refractivity contribution in [3.63, 3.8) is 0 Å². The maximum atomic E-state index is 13.6. The van der Waals surface area contributed by atoms with Gasteiger partial charge in [0.25, 0.3) is 0 Å². The zero-order valence-corrected chi connectivity index (χ0v) is 21.6. The minimum absolute atomic E-state index is 0.319. The second kappa shape index (κ2) is 10.2. The van der Waals surface area contributed by atoms with E-state index >= 15 is 0 Å². The zero-order valence-electron chi connectivity index (χ0n) is 21.6. The maximum Gasteiger partial charge on any atom is 0.220 e. The molecule has 0 saturated heterocycles. The molecule has 0 atom stereocenters. The van der Waals surface area contributed by atoms with Crippen molar-refractivity contribution in [1.29, 1.82) is 0 Å². The lowest BCUT2D eigenvalue weighted by molar-refractivity contribution is -0.580. The first kappa shape index (κ1) is 24.6. The molecule has 2 aromatic heterocycles. The van der Waals surface area contributed by atoms with E-state index in [-0.39, 0.29) is 11.6 Å². The van der Waals surface area contributed by atoms with Gasteiger partial charge < -0.3 is 19.4 Å². The number of pyridine rings is 1. The Morgan fingerprint density at radius 2 is 1.74 bits per heavy atom. The highest BCUT2D eigenvalue weighted by atomic mass is 19.1. The van der Waals surface area contributed by atoms with E-state index in [0.29, 0.717) is 34.3 Å². The summed E-state index contributed by atoms with van der Waals surface area (Å²) in [6, 6.07) is 12.9. The highest BCUT2D eigenvalue weighted by Gasteiger charge is 2.25. The van der Waals surface area contributed by atoms with Crippen molar-refractivity contribution in [2.75, 3.05) is 24.3 Å². The van der Waals surface area contributed by atoms with Crippen molar-refractivity contribution in [2.45, 2.75) is 19.3 Å². The number of oxazole rings is 1. The summed E-state index contributed by atoms with van der Waals surface area (Å²) < 4.78 is 41.0. The lowest BCUT2D eigenvalue weighted by atomic mass is 9.90. The number of rotatable bonds is 5. The minimum atomic E-state index is -0.348. The number of ether oxygens (including phenoxy) is 1. The molecule has 6 nitrogen and oxygen atoms in total. The van der Waals surface area contributed by atoms with Gasteiger partial charge in [0, 0.05) is 61.3 Å². The molecule has 0 unspecified atom stereocenters. The predicted octanol–water partition coefficient (Wildman–Crippen LogP) is 6.84. The molecule has 2 aromatic carbocycles. The normalized spacial score (nSPS) is 17.2. The SMILES string of the molecule is CN(C)c1cc[n+](C2=C(/C=C/c3nc4cc(F)ccc4o3)CCC/C2=C\C=C2\Nc3cc(F)ccc3O2)cc1. The van der Waals surface area contributed by atoms with Crippen LogP contribution in [0, 0.1) is 11.6 Å². The molecule has 3 heterocycles. The Morgan fingerprint density at radius 1 is 0.949 bits per heavy atom. The number of fused-ring (bicyclic) bond motifs is 2. The van der Waals surface area contributed by atoms with Crippen LogP contribution in [-0.2, 0) is 0 Å². The highest BCUT2D eigenvalue weighted by molar-refractivity contribution is 5.75. The molecule has 8 heteroatoms. The number of allylic oxidation sites excluding steroid dienone is 6. The van der Waals surface area contributed by atoms with Crippen molar-refractivity contribution in [1.82, 2.24) is 4.98 Å². The molecule has 1 aliphatic carbocycles. The van der Waals surface area contributed by atoms with Crippen LogP contribution in [0.3, 0.4) is 0 Å². The predicted molar refractivity (Wildman–Crippen MR) is 148 cm³/mol. The summed E-state index contributed by atoms with van der Waals surface area (Å²) in [6.07, 6.45) is 14.6. The largest absolute Gasteiger partial charge is 0.439 e. The first-order valence-electron chi connectivity index (χ1n) is 12.7. The smallest absolute Gasteiger partial charge is 0.220 e. The van der Waals surface area contributed by atoms with E-state index in [1.54, 1.807) is 12.1 Å². The zero-order chi connectivity index (χ0) is 26.9. The fraction of sp³-hybridized carbons (Fsp3) is 0.161. The summed E-state index contributed by atoms with van der Waals surface area (Å²) in [6.45, 7) is 0. The fourth-order valence-electron chi connectivity index (χ4n) is 4.81. The maximum absolute atomic E-state index is 13.6. The monoisotopic (exact) mass is 525 g/mol. The molecule has 1 N–H and O–H groups in total. The Bertz CT molecular complexity index is 1680. The topological polar surface area (TPSA) is 54.4 Å². The summed E-state index contributed by atoms with van der Waals surface area (Å²) in [5.41, 5.74) is 6.03. The molecule has 1 aliphatic heterocycles. The molecule has 0 fully saturated rings. The molecular weight excluding hydrogens is 498 g/mol. The van der Waals surface area contributed by atoms with Crippen molar-refractivity contribution in [3.8, 4) is 5.75 Å². The lowest BCUT2D eigenvalue weighted by Gasteiger charge is -2.17. The van der Waals surface area contributed by atoms with Crippen molar-refractivity contribution >= 4 is 34.2 Å². The summed E-state index contributed by atoms with van der Waals surface area (Å²) in [5.74, 6) is 0.883. The van der Waals surface area contributed by atoms with Gasteiger partial charge in [-0.2, -0.15) is 4.57 Å². The van der Waals surface area contributed by atoms with Gasteiger partial charge in [-0.1, -0.05) is 0 Å². The lowest BCUT2D eigenvalue weighted by Crippen LogP contribution is -2.35. The molecular formula is C31H27F2N4O2+. The second-order valence-corrected chi connectivity index (χ2v) is 9.67. The van der Waals surface area contributed by atoms with E-state index in [4.69, 9.17) is 9.15 Å². The average Bonchev–Trinajstić information content (AvgIpc) is 3.53. The van der Waals surface area contributed by atoms with Crippen LogP contribution in [0.5, 0.6) is 5.75 Å². The molecule has 196 valence electrons. The van der Waals surface area contributed by atoms with Gasteiger partial charge in [0.15, 0.2) is 29.6 Å². The van der Waals surface area contributed by atoms with Gasteiger partial charge >= 0.3 is 0 Å². The summed E-state index contributed by atoms with van der Waals surface area (Å²) >= 11 is 0. The number of nitrogens with zero attached hydrogens (tertiary/aromatic N) is 3. The first-order chi connectivity index (χ1) is 18.9. The molecule has 6 rings (SSSR count). The third-order valence-corrected chi connectivity index (χ3v) is 6.74. The van der Waals surface area contributed by atoms with E-state index in [1.165, 1.54) is 24.3 Å². The fourth-order valence-corrected chi connectivity index (χ4v) is 4.81. The molecule has 0 saturated carbocycles. The van der Waals surface area contributed by atoms with Crippen LogP contribution in [0.4, 0.5) is 20.2 Å². The van der Waals surface area contributed by atoms with E-state index in [2.05, 4.69) is 44.3 Å². The standard InChI is InChI=1S/C31H27F2N4O2/c1-36(2)24-14-16-37(17-15-24)31-20(6-12-29-34-25-18-22(32)8-10-27(25)38-29)4-3-5-21(31)7-13-30-35-26-19-23(33)9-11-28(26)39-30/h6-19,34H,3-5H2,1-2H3/q+1/b13-7+,20-6+,29-12-. The third-order valence-electron chi connectivity index (χ3n) is 6.74. The second-order valence-electron chi connectivity index (χ2n) is 9.67. The Kier molecular flexibility index (Phi) is 6.44. The average molecular weight is 526 g/mol. The number of benzene rings is 2. The summed E-state index contributed by atoms with van der Waals surface area (Å²) in [4.78, 5) is 6.47. The number of nitrogens with one attached hydrogen (secondary N) is 1. The highest BCUT2D eigenvalue weighted by Crippen LogP contribution is 2.35. The molecule has 4 aromatic rings. The Hall–Kier alpha value is -4.72. The number of halogens is 2. The van der Waals surface area contributed by atoms with Crippen LogP contribution in [0.25, 0.3) is 22.9 Å². The van der Waals surface area contributed by atoms with Gasteiger partial charge in [-0.25, -0.2) is 13.8 Å². The molecule has 39 heavy (non-hydrogen) atoms. The molecule has 0 radical (unpaired) electrons. The van der Waals surface area contributed by atoms with E-state index in [9.17, 15) is 8.78 Å². The number of hydrogen-bond donors (Lipinski definition) is 1. The quantitative estimate of drug-likeness (QED) is 0.289. The minimum Gasteiger partial charge on any atom is -0.439 e. The Labute approximate surface area is 224 Å².